The number of hydrogen-bond acceptors (Lipinski definition) is 1. The third-order valence-electron chi connectivity index (χ3n) is 2.84. The molecule has 2 rings (SSSR count). The molecule has 1 amide bonds. The summed E-state index contributed by atoms with van der Waals surface area (Å²) in [5.74, 6) is 0.0962. The molecule has 2 aromatic rings. The number of fused-ring (bicyclic) bond motifs is 1. The molecule has 0 spiro atoms. The summed E-state index contributed by atoms with van der Waals surface area (Å²) in [7, 11) is 1.81. The summed E-state index contributed by atoms with van der Waals surface area (Å²) >= 11 is 0. The maximum atomic E-state index is 12.2. The second-order valence-corrected chi connectivity index (χ2v) is 5.30. The Morgan fingerprint density at radius 3 is 2.47 bits per heavy atom. The summed E-state index contributed by atoms with van der Waals surface area (Å²) in [5.41, 5.74) is 0.674. The predicted molar refractivity (Wildman–Crippen MR) is 70.5 cm³/mol. The Hall–Kier alpha value is -1.77. The van der Waals surface area contributed by atoms with E-state index in [0.29, 0.717) is 0 Å². The SMILES string of the molecule is CN(C(=O)C(C)(C)C)n1ccc2ccccc21. The summed E-state index contributed by atoms with van der Waals surface area (Å²) in [6.07, 6.45) is 1.92. The van der Waals surface area contributed by atoms with E-state index in [2.05, 4.69) is 0 Å². The van der Waals surface area contributed by atoms with Gasteiger partial charge in [-0.3, -0.25) is 14.5 Å². The van der Waals surface area contributed by atoms with E-state index >= 15 is 0 Å². The first-order chi connectivity index (χ1) is 7.91. The van der Waals surface area contributed by atoms with Crippen molar-refractivity contribution in [3.63, 3.8) is 0 Å². The van der Waals surface area contributed by atoms with Gasteiger partial charge >= 0.3 is 0 Å². The first kappa shape index (κ1) is 11.7. The van der Waals surface area contributed by atoms with Gasteiger partial charge in [0.2, 0.25) is 5.91 Å². The third kappa shape index (κ3) is 2.05. The number of benzene rings is 1. The fourth-order valence-corrected chi connectivity index (χ4v) is 1.91. The first-order valence-corrected chi connectivity index (χ1v) is 5.76. The monoisotopic (exact) mass is 230 g/mol. The number of nitrogens with zero attached hydrogens (tertiary/aromatic N) is 2. The second-order valence-electron chi connectivity index (χ2n) is 5.30. The van der Waals surface area contributed by atoms with Crippen LogP contribution in [0.3, 0.4) is 0 Å². The van der Waals surface area contributed by atoms with Gasteiger partial charge in [0, 0.05) is 24.0 Å². The van der Waals surface area contributed by atoms with Crippen LogP contribution in [-0.2, 0) is 4.79 Å². The van der Waals surface area contributed by atoms with Crippen molar-refractivity contribution in [2.45, 2.75) is 20.8 Å². The van der Waals surface area contributed by atoms with Crippen molar-refractivity contribution in [3.8, 4) is 0 Å². The summed E-state index contributed by atoms with van der Waals surface area (Å²) in [6, 6.07) is 10.1. The number of carbonyl (C=O) groups is 1. The van der Waals surface area contributed by atoms with Crippen LogP contribution in [0.5, 0.6) is 0 Å². The van der Waals surface area contributed by atoms with Gasteiger partial charge in [0.25, 0.3) is 0 Å². The highest BCUT2D eigenvalue weighted by Gasteiger charge is 2.26. The molecule has 17 heavy (non-hydrogen) atoms. The van der Waals surface area contributed by atoms with E-state index in [1.54, 1.807) is 12.1 Å². The van der Waals surface area contributed by atoms with Gasteiger partial charge in [-0.15, -0.1) is 0 Å². The zero-order chi connectivity index (χ0) is 12.6. The Balaban J connectivity index is 2.44. The minimum atomic E-state index is -0.375. The van der Waals surface area contributed by atoms with Gasteiger partial charge in [0.15, 0.2) is 0 Å². The van der Waals surface area contributed by atoms with Crippen LogP contribution in [0.15, 0.2) is 36.5 Å². The zero-order valence-electron chi connectivity index (χ0n) is 10.8. The molecule has 0 bridgehead atoms. The van der Waals surface area contributed by atoms with Crippen molar-refractivity contribution >= 4 is 16.8 Å². The van der Waals surface area contributed by atoms with Gasteiger partial charge in [0.05, 0.1) is 5.52 Å². The van der Waals surface area contributed by atoms with Crippen LogP contribution >= 0.6 is 0 Å². The molecule has 1 aromatic carbocycles. The molecule has 0 atom stereocenters. The quantitative estimate of drug-likeness (QED) is 0.739. The maximum absolute atomic E-state index is 12.2. The molecule has 0 radical (unpaired) electrons. The van der Waals surface area contributed by atoms with Crippen molar-refractivity contribution in [2.75, 3.05) is 12.1 Å². The molecule has 3 nitrogen and oxygen atoms in total. The fraction of sp³-hybridized carbons (Fsp3) is 0.357. The molecule has 0 aliphatic heterocycles. The largest absolute Gasteiger partial charge is 0.272 e. The molecule has 1 heterocycles. The van der Waals surface area contributed by atoms with Gasteiger partial charge < -0.3 is 0 Å². The van der Waals surface area contributed by atoms with E-state index in [1.807, 2.05) is 62.0 Å². The van der Waals surface area contributed by atoms with Gasteiger partial charge in [0.1, 0.15) is 0 Å². The standard InChI is InChI=1S/C14H18N2O/c1-14(2,3)13(17)15(4)16-10-9-11-7-5-6-8-12(11)16/h5-10H,1-4H3. The van der Waals surface area contributed by atoms with Crippen LogP contribution in [0, 0.1) is 5.41 Å². The summed E-state index contributed by atoms with van der Waals surface area (Å²) in [5, 5.41) is 2.81. The molecule has 0 fully saturated rings. The molecule has 0 aliphatic carbocycles. The Morgan fingerprint density at radius 1 is 1.18 bits per heavy atom. The number of hydrogen-bond donors (Lipinski definition) is 0. The fourth-order valence-electron chi connectivity index (χ4n) is 1.91. The van der Waals surface area contributed by atoms with Crippen molar-refractivity contribution < 1.29 is 4.79 Å². The molecule has 0 aliphatic rings. The van der Waals surface area contributed by atoms with Crippen molar-refractivity contribution in [1.29, 1.82) is 0 Å². The van der Waals surface area contributed by atoms with Gasteiger partial charge in [-0.25, -0.2) is 0 Å². The molecule has 0 saturated carbocycles. The van der Waals surface area contributed by atoms with E-state index in [4.69, 9.17) is 0 Å². The van der Waals surface area contributed by atoms with Crippen LogP contribution in [0.2, 0.25) is 0 Å². The van der Waals surface area contributed by atoms with Crippen LogP contribution in [-0.4, -0.2) is 17.6 Å². The van der Waals surface area contributed by atoms with E-state index in [0.717, 1.165) is 10.9 Å². The lowest BCUT2D eigenvalue weighted by atomic mass is 9.95. The molecular formula is C14H18N2O. The van der Waals surface area contributed by atoms with E-state index < -0.39 is 0 Å². The minimum Gasteiger partial charge on any atom is -0.272 e. The summed E-state index contributed by atoms with van der Waals surface area (Å²) < 4.78 is 1.89. The number of aromatic nitrogens is 1. The Labute approximate surface area is 102 Å². The minimum absolute atomic E-state index is 0.0962. The van der Waals surface area contributed by atoms with Crippen LogP contribution in [0.1, 0.15) is 20.8 Å². The topological polar surface area (TPSA) is 25.2 Å². The van der Waals surface area contributed by atoms with Gasteiger partial charge in [-0.2, -0.15) is 0 Å². The lowest BCUT2D eigenvalue weighted by molar-refractivity contribution is -0.126. The summed E-state index contributed by atoms with van der Waals surface area (Å²) in [4.78, 5) is 12.2. The lowest BCUT2D eigenvalue weighted by Crippen LogP contribution is -2.43. The molecule has 0 unspecified atom stereocenters. The van der Waals surface area contributed by atoms with Crippen LogP contribution in [0.25, 0.3) is 10.9 Å². The lowest BCUT2D eigenvalue weighted by Gasteiger charge is -2.27. The highest BCUT2D eigenvalue weighted by atomic mass is 16.2. The number of para-hydroxylation sites is 1. The number of rotatable bonds is 1. The molecular weight excluding hydrogens is 212 g/mol. The normalized spacial score (nSPS) is 11.8. The average molecular weight is 230 g/mol. The zero-order valence-corrected chi connectivity index (χ0v) is 10.8. The molecule has 90 valence electrons. The van der Waals surface area contributed by atoms with Crippen LogP contribution < -0.4 is 5.01 Å². The third-order valence-corrected chi connectivity index (χ3v) is 2.84. The van der Waals surface area contributed by atoms with Crippen molar-refractivity contribution in [1.82, 2.24) is 4.68 Å². The van der Waals surface area contributed by atoms with Gasteiger partial charge in [-0.05, 0) is 12.1 Å². The average Bonchev–Trinajstić information content (AvgIpc) is 2.69. The Bertz CT molecular complexity index is 549. The smallest absolute Gasteiger partial charge is 0.246 e. The predicted octanol–water partition coefficient (Wildman–Crippen LogP) is 2.78. The second kappa shape index (κ2) is 3.91. The summed E-state index contributed by atoms with van der Waals surface area (Å²) in [6.45, 7) is 5.78. The molecule has 0 N–H and O–H groups in total. The molecule has 0 saturated heterocycles. The van der Waals surface area contributed by atoms with E-state index in [9.17, 15) is 4.79 Å². The number of amides is 1. The molecule has 1 aromatic heterocycles. The first-order valence-electron chi connectivity index (χ1n) is 5.76. The molecule has 3 heteroatoms. The van der Waals surface area contributed by atoms with Crippen molar-refractivity contribution in [3.05, 3.63) is 36.5 Å². The highest BCUT2D eigenvalue weighted by molar-refractivity contribution is 5.92. The van der Waals surface area contributed by atoms with E-state index in [-0.39, 0.29) is 11.3 Å². The number of carbonyl (C=O) groups excluding carboxylic acids is 1. The highest BCUT2D eigenvalue weighted by Crippen LogP contribution is 2.19. The Kier molecular flexibility index (Phi) is 2.69. The van der Waals surface area contributed by atoms with Gasteiger partial charge in [-0.1, -0.05) is 39.0 Å². The van der Waals surface area contributed by atoms with E-state index in [1.165, 1.54) is 0 Å². The van der Waals surface area contributed by atoms with Crippen molar-refractivity contribution in [2.24, 2.45) is 5.41 Å². The maximum Gasteiger partial charge on any atom is 0.246 e. The Morgan fingerprint density at radius 2 is 1.82 bits per heavy atom. The van der Waals surface area contributed by atoms with Crippen LogP contribution in [0.4, 0.5) is 0 Å².